The lowest BCUT2D eigenvalue weighted by molar-refractivity contribution is -0.121. The molecule has 0 aliphatic heterocycles. The molecule has 112 valence electrons. The number of carbonyl (C=O) groups is 1. The monoisotopic (exact) mass is 318 g/mol. The minimum absolute atomic E-state index is 0.0961. The molecule has 1 aromatic carbocycles. The first-order valence-corrected chi connectivity index (χ1v) is 7.29. The molecule has 20 heavy (non-hydrogen) atoms. The highest BCUT2D eigenvalue weighted by molar-refractivity contribution is 6.42. The third-order valence-corrected chi connectivity index (χ3v) is 3.68. The number of hydrogen-bond donors (Lipinski definition) is 3. The lowest BCUT2D eigenvalue weighted by Crippen LogP contribution is -2.38. The van der Waals surface area contributed by atoms with Crippen LogP contribution in [0, 0.1) is 5.92 Å². The van der Waals surface area contributed by atoms with Gasteiger partial charge in [-0.25, -0.2) is 0 Å². The van der Waals surface area contributed by atoms with Crippen molar-refractivity contribution in [3.8, 4) is 0 Å². The highest BCUT2D eigenvalue weighted by atomic mass is 35.5. The predicted octanol–water partition coefficient (Wildman–Crippen LogP) is 2.93. The molecule has 1 unspecified atom stereocenters. The Balaban J connectivity index is 2.43. The maximum Gasteiger partial charge on any atom is 0.242 e. The topological polar surface area (TPSA) is 61.4 Å². The first-order valence-electron chi connectivity index (χ1n) is 6.54. The Labute approximate surface area is 129 Å². The van der Waals surface area contributed by atoms with Gasteiger partial charge in [0.15, 0.2) is 0 Å². The van der Waals surface area contributed by atoms with Gasteiger partial charge >= 0.3 is 0 Å². The molecule has 0 radical (unpaired) electrons. The molecule has 0 fully saturated rings. The molecule has 0 aliphatic rings. The van der Waals surface area contributed by atoms with E-state index in [2.05, 4.69) is 10.6 Å². The van der Waals surface area contributed by atoms with E-state index in [9.17, 15) is 4.79 Å². The van der Waals surface area contributed by atoms with E-state index in [0.717, 1.165) is 12.1 Å². The summed E-state index contributed by atoms with van der Waals surface area (Å²) in [6.07, 6.45) is 0.752. The molecule has 3 N–H and O–H groups in total. The summed E-state index contributed by atoms with van der Waals surface area (Å²) in [5.41, 5.74) is 0.741. The molecule has 0 bridgehead atoms. The number of nitrogens with one attached hydrogen (secondary N) is 2. The van der Waals surface area contributed by atoms with Gasteiger partial charge in [0, 0.05) is 18.8 Å². The standard InChI is InChI=1S/C14H20Cl2N2O2/c1-9(8-19)5-6-17-14(20)10(2)18-11-3-4-12(15)13(16)7-11/h3-4,7,9-10,18-19H,5-6,8H2,1-2H3,(H,17,20)/t9?,10-/m0/s1. The van der Waals surface area contributed by atoms with Gasteiger partial charge in [0.05, 0.1) is 10.0 Å². The van der Waals surface area contributed by atoms with E-state index in [4.69, 9.17) is 28.3 Å². The fraction of sp³-hybridized carbons (Fsp3) is 0.500. The van der Waals surface area contributed by atoms with Crippen molar-refractivity contribution in [3.05, 3.63) is 28.2 Å². The second-order valence-electron chi connectivity index (χ2n) is 4.86. The van der Waals surface area contributed by atoms with Crippen molar-refractivity contribution >= 4 is 34.8 Å². The van der Waals surface area contributed by atoms with Crippen LogP contribution in [0.3, 0.4) is 0 Å². The van der Waals surface area contributed by atoms with Crippen molar-refractivity contribution in [3.63, 3.8) is 0 Å². The molecule has 0 aromatic heterocycles. The summed E-state index contributed by atoms with van der Waals surface area (Å²) in [5.74, 6) is 0.0925. The van der Waals surface area contributed by atoms with Crippen LogP contribution in [0.1, 0.15) is 20.3 Å². The molecule has 0 heterocycles. The minimum atomic E-state index is -0.378. The molecule has 6 heteroatoms. The Kier molecular flexibility index (Phi) is 7.13. The van der Waals surface area contributed by atoms with Gasteiger partial charge < -0.3 is 15.7 Å². The van der Waals surface area contributed by atoms with Crippen molar-refractivity contribution in [1.82, 2.24) is 5.32 Å². The molecule has 0 aliphatic carbocycles. The molecular formula is C14H20Cl2N2O2. The second-order valence-corrected chi connectivity index (χ2v) is 5.68. The fourth-order valence-electron chi connectivity index (χ4n) is 1.59. The summed E-state index contributed by atoms with van der Waals surface area (Å²) in [7, 11) is 0. The van der Waals surface area contributed by atoms with Crippen LogP contribution >= 0.6 is 23.2 Å². The van der Waals surface area contributed by atoms with Crippen LogP contribution in [0.5, 0.6) is 0 Å². The average Bonchev–Trinajstić information content (AvgIpc) is 2.42. The SMILES string of the molecule is CC(CO)CCNC(=O)[C@H](C)Nc1ccc(Cl)c(Cl)c1. The van der Waals surface area contributed by atoms with Crippen LogP contribution in [0.15, 0.2) is 18.2 Å². The second kappa shape index (κ2) is 8.35. The maximum atomic E-state index is 11.9. The Morgan fingerprint density at radius 2 is 2.00 bits per heavy atom. The van der Waals surface area contributed by atoms with E-state index in [1.165, 1.54) is 0 Å². The fourth-order valence-corrected chi connectivity index (χ4v) is 1.89. The normalized spacial score (nSPS) is 13.7. The van der Waals surface area contributed by atoms with Gasteiger partial charge in [0.25, 0.3) is 0 Å². The average molecular weight is 319 g/mol. The number of anilines is 1. The summed E-state index contributed by atoms with van der Waals surface area (Å²) >= 11 is 11.7. The summed E-state index contributed by atoms with van der Waals surface area (Å²) in [5, 5.41) is 15.7. The number of aliphatic hydroxyl groups is 1. The zero-order chi connectivity index (χ0) is 15.1. The maximum absolute atomic E-state index is 11.9. The molecule has 2 atom stereocenters. The first-order chi connectivity index (χ1) is 9.43. The zero-order valence-corrected chi connectivity index (χ0v) is 13.1. The summed E-state index contributed by atoms with van der Waals surface area (Å²) in [4.78, 5) is 11.9. The Bertz CT molecular complexity index is 455. The van der Waals surface area contributed by atoms with Crippen molar-refractivity contribution < 1.29 is 9.90 Å². The summed E-state index contributed by atoms with van der Waals surface area (Å²) in [6.45, 7) is 4.39. The van der Waals surface area contributed by atoms with E-state index in [0.29, 0.717) is 16.6 Å². The highest BCUT2D eigenvalue weighted by Crippen LogP contribution is 2.25. The van der Waals surface area contributed by atoms with Crippen molar-refractivity contribution in [2.24, 2.45) is 5.92 Å². The van der Waals surface area contributed by atoms with E-state index >= 15 is 0 Å². The third-order valence-electron chi connectivity index (χ3n) is 2.94. The third kappa shape index (κ3) is 5.57. The zero-order valence-electron chi connectivity index (χ0n) is 11.6. The lowest BCUT2D eigenvalue weighted by Gasteiger charge is -2.16. The van der Waals surface area contributed by atoms with Gasteiger partial charge in [-0.05, 0) is 37.5 Å². The summed E-state index contributed by atoms with van der Waals surface area (Å²) in [6, 6.07) is 4.75. The van der Waals surface area contributed by atoms with Crippen LogP contribution in [0.25, 0.3) is 0 Å². The van der Waals surface area contributed by atoms with Crippen LogP contribution in [0.2, 0.25) is 10.0 Å². The number of amides is 1. The lowest BCUT2D eigenvalue weighted by atomic mass is 10.1. The van der Waals surface area contributed by atoms with Crippen molar-refractivity contribution in [2.45, 2.75) is 26.3 Å². The van der Waals surface area contributed by atoms with Crippen molar-refractivity contribution in [1.29, 1.82) is 0 Å². The molecule has 0 spiro atoms. The molecule has 1 amide bonds. The van der Waals surface area contributed by atoms with Gasteiger partial charge in [0.2, 0.25) is 5.91 Å². The number of hydrogen-bond acceptors (Lipinski definition) is 3. The van der Waals surface area contributed by atoms with Gasteiger partial charge in [-0.1, -0.05) is 30.1 Å². The van der Waals surface area contributed by atoms with Crippen LogP contribution < -0.4 is 10.6 Å². The van der Waals surface area contributed by atoms with E-state index < -0.39 is 0 Å². The first kappa shape index (κ1) is 17.1. The quantitative estimate of drug-likeness (QED) is 0.724. The van der Waals surface area contributed by atoms with Crippen molar-refractivity contribution in [2.75, 3.05) is 18.5 Å². The number of aliphatic hydroxyl groups excluding tert-OH is 1. The number of rotatable bonds is 7. The Morgan fingerprint density at radius 1 is 1.30 bits per heavy atom. The van der Waals surface area contributed by atoms with E-state index in [1.54, 1.807) is 25.1 Å². The molecule has 4 nitrogen and oxygen atoms in total. The minimum Gasteiger partial charge on any atom is -0.396 e. The largest absolute Gasteiger partial charge is 0.396 e. The van der Waals surface area contributed by atoms with Gasteiger partial charge in [-0.15, -0.1) is 0 Å². The molecule has 0 saturated carbocycles. The molecular weight excluding hydrogens is 299 g/mol. The molecule has 0 saturated heterocycles. The van der Waals surface area contributed by atoms with Gasteiger partial charge in [0.1, 0.15) is 6.04 Å². The van der Waals surface area contributed by atoms with Crippen LogP contribution in [-0.4, -0.2) is 30.2 Å². The Morgan fingerprint density at radius 3 is 2.60 bits per heavy atom. The van der Waals surface area contributed by atoms with Gasteiger partial charge in [-0.2, -0.15) is 0 Å². The molecule has 1 rings (SSSR count). The van der Waals surface area contributed by atoms with E-state index in [1.807, 2.05) is 6.92 Å². The number of halogens is 2. The predicted molar refractivity (Wildman–Crippen MR) is 83.4 cm³/mol. The number of carbonyl (C=O) groups excluding carboxylic acids is 1. The van der Waals surface area contributed by atoms with Crippen LogP contribution in [0.4, 0.5) is 5.69 Å². The number of benzene rings is 1. The van der Waals surface area contributed by atoms with E-state index in [-0.39, 0.29) is 24.5 Å². The Hall–Kier alpha value is -0.970. The van der Waals surface area contributed by atoms with Gasteiger partial charge in [-0.3, -0.25) is 4.79 Å². The smallest absolute Gasteiger partial charge is 0.242 e. The van der Waals surface area contributed by atoms with Crippen LogP contribution in [-0.2, 0) is 4.79 Å². The highest BCUT2D eigenvalue weighted by Gasteiger charge is 2.13. The summed E-state index contributed by atoms with van der Waals surface area (Å²) < 4.78 is 0. The molecule has 1 aromatic rings.